The minimum absolute atomic E-state index is 0.513. The summed E-state index contributed by atoms with van der Waals surface area (Å²) in [4.78, 5) is 15.0. The average molecular weight is 270 g/mol. The maximum Gasteiger partial charge on any atom is 0.150 e. The van der Waals surface area contributed by atoms with Gasteiger partial charge in [0.25, 0.3) is 0 Å². The summed E-state index contributed by atoms with van der Waals surface area (Å²) in [6, 6.07) is 4.32. The molecule has 0 amide bonds. The first-order valence-electron chi connectivity index (χ1n) is 6.89. The van der Waals surface area contributed by atoms with Gasteiger partial charge in [-0.15, -0.1) is 0 Å². The number of imidazole rings is 1. The summed E-state index contributed by atoms with van der Waals surface area (Å²) >= 11 is 0. The first kappa shape index (κ1) is 12.9. The Kier molecular flexibility index (Phi) is 3.30. The van der Waals surface area contributed by atoms with Gasteiger partial charge in [-0.2, -0.15) is 0 Å². The molecular formula is C16H18N2O2. The van der Waals surface area contributed by atoms with Crippen LogP contribution in [0.15, 0.2) is 24.7 Å². The van der Waals surface area contributed by atoms with Crippen LogP contribution in [0.4, 0.5) is 0 Å². The molecule has 1 aliphatic rings. The number of hydrogen-bond acceptors (Lipinski definition) is 3. The highest BCUT2D eigenvalue weighted by atomic mass is 16.5. The van der Waals surface area contributed by atoms with Crippen molar-refractivity contribution in [1.82, 2.24) is 9.55 Å². The molecule has 3 rings (SSSR count). The molecule has 1 aliphatic carbocycles. The number of carbonyl (C=O) groups excluding carboxylic acids is 1. The Hall–Kier alpha value is -2.10. The van der Waals surface area contributed by atoms with E-state index in [9.17, 15) is 4.79 Å². The molecule has 2 aromatic rings. The van der Waals surface area contributed by atoms with Gasteiger partial charge < -0.3 is 9.30 Å². The van der Waals surface area contributed by atoms with E-state index in [1.165, 1.54) is 12.8 Å². The van der Waals surface area contributed by atoms with Crippen molar-refractivity contribution in [3.05, 3.63) is 47.0 Å². The number of nitrogens with zero attached hydrogens (tertiary/aromatic N) is 2. The van der Waals surface area contributed by atoms with Gasteiger partial charge in [0.1, 0.15) is 18.6 Å². The molecule has 20 heavy (non-hydrogen) atoms. The van der Waals surface area contributed by atoms with E-state index in [-0.39, 0.29) is 0 Å². The second-order valence-corrected chi connectivity index (χ2v) is 5.41. The maximum absolute atomic E-state index is 10.8. The molecule has 0 aliphatic heterocycles. The van der Waals surface area contributed by atoms with Crippen LogP contribution in [0, 0.1) is 13.8 Å². The van der Waals surface area contributed by atoms with Crippen LogP contribution >= 0.6 is 0 Å². The topological polar surface area (TPSA) is 44.1 Å². The van der Waals surface area contributed by atoms with Gasteiger partial charge in [0.15, 0.2) is 0 Å². The van der Waals surface area contributed by atoms with E-state index in [0.29, 0.717) is 18.2 Å². The van der Waals surface area contributed by atoms with E-state index in [2.05, 4.69) is 9.55 Å². The van der Waals surface area contributed by atoms with Gasteiger partial charge in [-0.1, -0.05) is 0 Å². The molecule has 0 unspecified atom stereocenters. The molecule has 1 saturated carbocycles. The third-order valence-electron chi connectivity index (χ3n) is 3.67. The Morgan fingerprint density at radius 3 is 2.65 bits per heavy atom. The zero-order valence-corrected chi connectivity index (χ0v) is 11.8. The fourth-order valence-electron chi connectivity index (χ4n) is 2.55. The molecule has 4 nitrogen and oxygen atoms in total. The quantitative estimate of drug-likeness (QED) is 0.783. The predicted octanol–water partition coefficient (Wildman–Crippen LogP) is 3.23. The molecule has 1 heterocycles. The summed E-state index contributed by atoms with van der Waals surface area (Å²) < 4.78 is 8.15. The molecule has 4 heteroatoms. The van der Waals surface area contributed by atoms with Gasteiger partial charge in [0.05, 0.1) is 18.2 Å². The molecule has 0 atom stereocenters. The molecule has 1 fully saturated rings. The Morgan fingerprint density at radius 1 is 1.35 bits per heavy atom. The fraction of sp³-hybridized carbons (Fsp3) is 0.375. The van der Waals surface area contributed by atoms with E-state index in [1.807, 2.05) is 38.5 Å². The molecule has 0 N–H and O–H groups in total. The molecular weight excluding hydrogens is 252 g/mol. The summed E-state index contributed by atoms with van der Waals surface area (Å²) in [5, 5.41) is 0. The van der Waals surface area contributed by atoms with Crippen LogP contribution in [-0.2, 0) is 6.61 Å². The van der Waals surface area contributed by atoms with Crippen molar-refractivity contribution in [3.8, 4) is 5.75 Å². The smallest absolute Gasteiger partial charge is 0.150 e. The Bertz CT molecular complexity index is 619. The van der Waals surface area contributed by atoms with Gasteiger partial charge in [-0.25, -0.2) is 4.98 Å². The Labute approximate surface area is 118 Å². The van der Waals surface area contributed by atoms with E-state index in [0.717, 1.165) is 28.9 Å². The second kappa shape index (κ2) is 5.12. The van der Waals surface area contributed by atoms with Crippen molar-refractivity contribution < 1.29 is 9.53 Å². The Balaban J connectivity index is 1.78. The van der Waals surface area contributed by atoms with Crippen molar-refractivity contribution in [3.63, 3.8) is 0 Å². The normalized spacial score (nSPS) is 14.3. The molecule has 0 spiro atoms. The predicted molar refractivity (Wildman–Crippen MR) is 76.1 cm³/mol. The van der Waals surface area contributed by atoms with Crippen LogP contribution in [0.3, 0.4) is 0 Å². The highest BCUT2D eigenvalue weighted by molar-refractivity contribution is 5.76. The summed E-state index contributed by atoms with van der Waals surface area (Å²) in [5.41, 5.74) is 3.77. The lowest BCUT2D eigenvalue weighted by Crippen LogP contribution is -2.05. The van der Waals surface area contributed by atoms with Gasteiger partial charge in [0.2, 0.25) is 0 Å². The van der Waals surface area contributed by atoms with E-state index < -0.39 is 0 Å². The standard InChI is InChI=1S/C16H18N2O2/c1-11-5-13(8-19)6-12(2)16(11)20-9-15-7-17-10-18(15)14-3-4-14/h5-8,10,14H,3-4,9H2,1-2H3. The van der Waals surface area contributed by atoms with Gasteiger partial charge >= 0.3 is 0 Å². The average Bonchev–Trinajstić information content (AvgIpc) is 3.17. The number of aldehydes is 1. The molecule has 0 bridgehead atoms. The van der Waals surface area contributed by atoms with Crippen LogP contribution in [0.2, 0.25) is 0 Å². The minimum Gasteiger partial charge on any atom is -0.487 e. The maximum atomic E-state index is 10.8. The van der Waals surface area contributed by atoms with Crippen LogP contribution in [-0.4, -0.2) is 15.8 Å². The van der Waals surface area contributed by atoms with Gasteiger partial charge in [0, 0.05) is 11.6 Å². The van der Waals surface area contributed by atoms with Crippen molar-refractivity contribution in [2.24, 2.45) is 0 Å². The monoisotopic (exact) mass is 270 g/mol. The summed E-state index contributed by atoms with van der Waals surface area (Å²) in [6.07, 6.45) is 7.07. The van der Waals surface area contributed by atoms with Crippen molar-refractivity contribution in [2.45, 2.75) is 39.3 Å². The second-order valence-electron chi connectivity index (χ2n) is 5.41. The van der Waals surface area contributed by atoms with Crippen molar-refractivity contribution >= 4 is 6.29 Å². The number of hydrogen-bond donors (Lipinski definition) is 0. The van der Waals surface area contributed by atoms with Crippen molar-refractivity contribution in [1.29, 1.82) is 0 Å². The van der Waals surface area contributed by atoms with Crippen LogP contribution < -0.4 is 4.74 Å². The lowest BCUT2D eigenvalue weighted by atomic mass is 10.1. The van der Waals surface area contributed by atoms with E-state index in [4.69, 9.17) is 4.74 Å². The molecule has 0 saturated heterocycles. The van der Waals surface area contributed by atoms with E-state index in [1.54, 1.807) is 0 Å². The fourth-order valence-corrected chi connectivity index (χ4v) is 2.55. The number of ether oxygens (including phenoxy) is 1. The van der Waals surface area contributed by atoms with Crippen LogP contribution in [0.5, 0.6) is 5.75 Å². The van der Waals surface area contributed by atoms with Gasteiger partial charge in [-0.05, 0) is 49.9 Å². The largest absolute Gasteiger partial charge is 0.487 e. The first-order valence-corrected chi connectivity index (χ1v) is 6.89. The third kappa shape index (κ3) is 2.46. The number of aryl methyl sites for hydroxylation is 2. The number of aromatic nitrogens is 2. The minimum atomic E-state index is 0.513. The molecule has 0 radical (unpaired) electrons. The molecule has 104 valence electrons. The van der Waals surface area contributed by atoms with Crippen LogP contribution in [0.1, 0.15) is 46.1 Å². The number of benzene rings is 1. The zero-order chi connectivity index (χ0) is 14.1. The van der Waals surface area contributed by atoms with Crippen LogP contribution in [0.25, 0.3) is 0 Å². The lowest BCUT2D eigenvalue weighted by Gasteiger charge is -2.13. The third-order valence-corrected chi connectivity index (χ3v) is 3.67. The molecule has 1 aromatic heterocycles. The highest BCUT2D eigenvalue weighted by Gasteiger charge is 2.25. The SMILES string of the molecule is Cc1cc(C=O)cc(C)c1OCc1cncn1C1CC1. The first-order chi connectivity index (χ1) is 9.69. The zero-order valence-electron chi connectivity index (χ0n) is 11.8. The lowest BCUT2D eigenvalue weighted by molar-refractivity contribution is 0.112. The highest BCUT2D eigenvalue weighted by Crippen LogP contribution is 2.36. The number of rotatable bonds is 5. The number of carbonyl (C=O) groups is 1. The summed E-state index contributed by atoms with van der Waals surface area (Å²) in [6.45, 7) is 4.44. The van der Waals surface area contributed by atoms with E-state index >= 15 is 0 Å². The van der Waals surface area contributed by atoms with Crippen molar-refractivity contribution in [2.75, 3.05) is 0 Å². The summed E-state index contributed by atoms with van der Waals surface area (Å²) in [5.74, 6) is 0.860. The van der Waals surface area contributed by atoms with Gasteiger partial charge in [-0.3, -0.25) is 4.79 Å². The Morgan fingerprint density at radius 2 is 2.05 bits per heavy atom. The molecule has 1 aromatic carbocycles. The summed E-state index contributed by atoms with van der Waals surface area (Å²) in [7, 11) is 0.